The molecule has 3 nitrogen and oxygen atoms in total. The van der Waals surface area contributed by atoms with E-state index in [1.807, 2.05) is 34.7 Å². The molecule has 0 aromatic heterocycles. The fourth-order valence-corrected chi connectivity index (χ4v) is 0.883. The van der Waals surface area contributed by atoms with E-state index in [9.17, 15) is 4.79 Å². The maximum Gasteiger partial charge on any atom is 0.160 e. The Balaban J connectivity index is -0.000000202. The van der Waals surface area contributed by atoms with Gasteiger partial charge in [-0.2, -0.15) is 0 Å². The third-order valence-electron chi connectivity index (χ3n) is 1.75. The van der Waals surface area contributed by atoms with E-state index in [2.05, 4.69) is 24.1 Å². The number of ketones is 1. The van der Waals surface area contributed by atoms with Crippen LogP contribution in [0.4, 0.5) is 0 Å². The molecule has 0 spiro atoms. The lowest BCUT2D eigenvalue weighted by Crippen LogP contribution is -2.24. The van der Waals surface area contributed by atoms with Gasteiger partial charge in [-0.25, -0.2) is 0 Å². The molecule has 3 heteroatoms. The topological polar surface area (TPSA) is 41.1 Å². The highest BCUT2D eigenvalue weighted by atomic mass is 16.1. The van der Waals surface area contributed by atoms with Gasteiger partial charge in [-0.15, -0.1) is 0 Å². The van der Waals surface area contributed by atoms with Gasteiger partial charge in [-0.3, -0.25) is 4.79 Å². The number of allylic oxidation sites excluding steroid dienone is 1. The van der Waals surface area contributed by atoms with Crippen LogP contribution in [0, 0.1) is 5.92 Å². The molecule has 0 fully saturated rings. The van der Waals surface area contributed by atoms with Crippen LogP contribution in [0.5, 0.6) is 0 Å². The van der Waals surface area contributed by atoms with Gasteiger partial charge >= 0.3 is 0 Å². The Hall–Kier alpha value is -0.670. The molecule has 0 saturated heterocycles. The van der Waals surface area contributed by atoms with Crippen molar-refractivity contribution in [2.45, 2.75) is 41.5 Å². The van der Waals surface area contributed by atoms with Crippen LogP contribution in [0.1, 0.15) is 41.5 Å². The molecule has 0 amide bonds. The summed E-state index contributed by atoms with van der Waals surface area (Å²) in [6, 6.07) is 0. The van der Waals surface area contributed by atoms with Crippen molar-refractivity contribution in [3.05, 3.63) is 12.2 Å². The summed E-state index contributed by atoms with van der Waals surface area (Å²) in [5.74, 6) is 0.262. The molecular weight excluding hydrogens is 212 g/mol. The van der Waals surface area contributed by atoms with E-state index in [0.29, 0.717) is 5.57 Å². The second-order valence-electron chi connectivity index (χ2n) is 3.76. The van der Waals surface area contributed by atoms with E-state index >= 15 is 0 Å². The van der Waals surface area contributed by atoms with Gasteiger partial charge in [-0.1, -0.05) is 41.2 Å². The summed E-state index contributed by atoms with van der Waals surface area (Å²) in [6.07, 6.45) is 0. The first-order valence-electron chi connectivity index (χ1n) is 6.52. The summed E-state index contributed by atoms with van der Waals surface area (Å²) in [7, 11) is 1.96. The van der Waals surface area contributed by atoms with Crippen LogP contribution in [0.2, 0.25) is 0 Å². The summed E-state index contributed by atoms with van der Waals surface area (Å²) in [6.45, 7) is 18.3. The highest BCUT2D eigenvalue weighted by molar-refractivity contribution is 5.95. The second kappa shape index (κ2) is 17.7. The number of carbonyl (C=O) groups is 1. The molecule has 0 aromatic rings. The molecule has 2 N–H and O–H groups in total. The SMILES string of the molecule is C=C(C)C(=O)C(C)C.CC.CCNCCNC. The summed E-state index contributed by atoms with van der Waals surface area (Å²) < 4.78 is 0. The monoisotopic (exact) mass is 244 g/mol. The minimum absolute atomic E-state index is 0.104. The van der Waals surface area contributed by atoms with E-state index in [1.54, 1.807) is 6.92 Å². The summed E-state index contributed by atoms with van der Waals surface area (Å²) in [5, 5.41) is 6.23. The minimum atomic E-state index is 0.104. The first kappa shape index (κ1) is 21.6. The number of likely N-dealkylation sites (N-methyl/N-ethyl adjacent to an activating group) is 2. The summed E-state index contributed by atoms with van der Waals surface area (Å²) in [5.41, 5.74) is 0.653. The van der Waals surface area contributed by atoms with Crippen molar-refractivity contribution in [2.24, 2.45) is 5.92 Å². The van der Waals surface area contributed by atoms with Crippen molar-refractivity contribution in [3.8, 4) is 0 Å². The predicted octanol–water partition coefficient (Wildman–Crippen LogP) is 2.63. The molecule has 0 bridgehead atoms. The van der Waals surface area contributed by atoms with Gasteiger partial charge in [0.1, 0.15) is 0 Å². The molecule has 17 heavy (non-hydrogen) atoms. The summed E-state index contributed by atoms with van der Waals surface area (Å²) in [4.78, 5) is 10.7. The van der Waals surface area contributed by atoms with Crippen LogP contribution in [0.3, 0.4) is 0 Å². The molecule has 0 aromatic carbocycles. The Labute approximate surface area is 108 Å². The molecule has 0 saturated carbocycles. The average Bonchev–Trinajstić information content (AvgIpc) is 2.32. The van der Waals surface area contributed by atoms with Gasteiger partial charge < -0.3 is 10.6 Å². The van der Waals surface area contributed by atoms with E-state index < -0.39 is 0 Å². The van der Waals surface area contributed by atoms with Crippen LogP contribution in [-0.2, 0) is 4.79 Å². The number of nitrogens with one attached hydrogen (secondary N) is 2. The van der Waals surface area contributed by atoms with Crippen LogP contribution in [-0.4, -0.2) is 32.5 Å². The zero-order valence-electron chi connectivity index (χ0n) is 12.8. The lowest BCUT2D eigenvalue weighted by atomic mass is 10.0. The molecule has 0 unspecified atom stereocenters. The normalized spacial score (nSPS) is 8.71. The maximum atomic E-state index is 10.7. The maximum absolute atomic E-state index is 10.7. The molecule has 0 aliphatic rings. The molecular formula is C14H32N2O. The smallest absolute Gasteiger partial charge is 0.160 e. The number of rotatable bonds is 6. The van der Waals surface area contributed by atoms with E-state index in [0.717, 1.165) is 19.6 Å². The number of carbonyl (C=O) groups excluding carboxylic acids is 1. The standard InChI is InChI=1S/C7H12O.C5H14N2.C2H6/c1-5(2)7(8)6(3)4;1-3-7-5-4-6-2;1-2/h6H,1H2,2-4H3;6-7H,3-5H2,1-2H3;1-2H3. The van der Waals surface area contributed by atoms with Gasteiger partial charge in [-0.05, 0) is 26.1 Å². The second-order valence-corrected chi connectivity index (χ2v) is 3.76. The summed E-state index contributed by atoms with van der Waals surface area (Å²) >= 11 is 0. The predicted molar refractivity (Wildman–Crippen MR) is 78.5 cm³/mol. The molecule has 0 aliphatic carbocycles. The third-order valence-corrected chi connectivity index (χ3v) is 1.75. The molecule has 0 aliphatic heterocycles. The molecule has 0 atom stereocenters. The number of Topliss-reactive ketones (excluding diaryl/α,β-unsaturated/α-hetero) is 1. The Morgan fingerprint density at radius 2 is 1.71 bits per heavy atom. The van der Waals surface area contributed by atoms with Gasteiger partial charge in [0.15, 0.2) is 5.78 Å². The first-order chi connectivity index (χ1) is 7.97. The Kier molecular flexibility index (Phi) is 22.5. The third kappa shape index (κ3) is 21.2. The number of hydrogen-bond acceptors (Lipinski definition) is 3. The lowest BCUT2D eigenvalue weighted by Gasteiger charge is -1.99. The van der Waals surface area contributed by atoms with E-state index in [1.165, 1.54) is 0 Å². The fraction of sp³-hybridized carbons (Fsp3) is 0.786. The Morgan fingerprint density at radius 1 is 1.24 bits per heavy atom. The average molecular weight is 244 g/mol. The zero-order chi connectivity index (χ0) is 14.3. The number of hydrogen-bond donors (Lipinski definition) is 2. The van der Waals surface area contributed by atoms with Crippen molar-refractivity contribution < 1.29 is 4.79 Å². The molecule has 0 heterocycles. The van der Waals surface area contributed by atoms with Gasteiger partial charge in [0.05, 0.1) is 0 Å². The van der Waals surface area contributed by atoms with Crippen molar-refractivity contribution in [1.29, 1.82) is 0 Å². The first-order valence-corrected chi connectivity index (χ1v) is 6.52. The van der Waals surface area contributed by atoms with Crippen LogP contribution in [0.25, 0.3) is 0 Å². The molecule has 104 valence electrons. The molecule has 0 rings (SSSR count). The van der Waals surface area contributed by atoms with E-state index in [4.69, 9.17) is 0 Å². The quantitative estimate of drug-likeness (QED) is 0.557. The van der Waals surface area contributed by atoms with Crippen molar-refractivity contribution >= 4 is 5.78 Å². The lowest BCUT2D eigenvalue weighted by molar-refractivity contribution is -0.118. The van der Waals surface area contributed by atoms with Gasteiger partial charge in [0.2, 0.25) is 0 Å². The fourth-order valence-electron chi connectivity index (χ4n) is 0.883. The highest BCUT2D eigenvalue weighted by Gasteiger charge is 2.05. The minimum Gasteiger partial charge on any atom is -0.318 e. The van der Waals surface area contributed by atoms with Crippen molar-refractivity contribution in [3.63, 3.8) is 0 Å². The van der Waals surface area contributed by atoms with Crippen molar-refractivity contribution in [2.75, 3.05) is 26.7 Å². The Morgan fingerprint density at radius 3 is 1.88 bits per heavy atom. The molecule has 0 radical (unpaired) electrons. The largest absolute Gasteiger partial charge is 0.318 e. The van der Waals surface area contributed by atoms with Crippen molar-refractivity contribution in [1.82, 2.24) is 10.6 Å². The van der Waals surface area contributed by atoms with Crippen LogP contribution < -0.4 is 10.6 Å². The van der Waals surface area contributed by atoms with E-state index in [-0.39, 0.29) is 11.7 Å². The highest BCUT2D eigenvalue weighted by Crippen LogP contribution is 2.00. The Bertz CT molecular complexity index is 173. The van der Waals surface area contributed by atoms with Crippen LogP contribution in [0.15, 0.2) is 12.2 Å². The zero-order valence-corrected chi connectivity index (χ0v) is 12.8. The van der Waals surface area contributed by atoms with Gasteiger partial charge in [0.25, 0.3) is 0 Å². The van der Waals surface area contributed by atoms with Gasteiger partial charge in [0, 0.05) is 19.0 Å². The van der Waals surface area contributed by atoms with Crippen LogP contribution >= 0.6 is 0 Å².